The lowest BCUT2D eigenvalue weighted by Gasteiger charge is -2.21. The van der Waals surface area contributed by atoms with Crippen LogP contribution in [-0.2, 0) is 0 Å². The Hall–Kier alpha value is -3.42. The zero-order valence-corrected chi connectivity index (χ0v) is 14.5. The van der Waals surface area contributed by atoms with E-state index >= 15 is 0 Å². The van der Waals surface area contributed by atoms with E-state index in [1.54, 1.807) is 12.1 Å². The fraction of sp³-hybridized carbons (Fsp3) is 0.222. The lowest BCUT2D eigenvalue weighted by atomic mass is 10.1. The molecule has 0 spiro atoms. The summed E-state index contributed by atoms with van der Waals surface area (Å²) in [5.74, 6) is -0.675. The van der Waals surface area contributed by atoms with Crippen molar-refractivity contribution in [2.45, 2.75) is 13.8 Å². The highest BCUT2D eigenvalue weighted by molar-refractivity contribution is 5.98. The normalized spacial score (nSPS) is 10.7. The minimum atomic E-state index is -0.701. The quantitative estimate of drug-likeness (QED) is 0.450. The first-order valence-corrected chi connectivity index (χ1v) is 8.12. The molecule has 0 saturated heterocycles. The van der Waals surface area contributed by atoms with Gasteiger partial charge in [-0.05, 0) is 32.0 Å². The predicted molar refractivity (Wildman–Crippen MR) is 99.8 cm³/mol. The molecule has 8 heteroatoms. The van der Waals surface area contributed by atoms with Gasteiger partial charge >= 0.3 is 0 Å². The van der Waals surface area contributed by atoms with Crippen LogP contribution < -0.4 is 10.3 Å². The number of nitro benzene ring substituents is 1. The molecule has 0 aliphatic heterocycles. The SMILES string of the molecule is CCN(CC)c1ccc(C=NNC(=O)c2ccccc2[N+](=O)[O-])c(O)c1. The van der Waals surface area contributed by atoms with E-state index in [2.05, 4.69) is 15.4 Å². The van der Waals surface area contributed by atoms with Crippen LogP contribution in [0.4, 0.5) is 11.4 Å². The van der Waals surface area contributed by atoms with Gasteiger partial charge in [0.2, 0.25) is 0 Å². The van der Waals surface area contributed by atoms with Gasteiger partial charge in [0.25, 0.3) is 11.6 Å². The number of para-hydroxylation sites is 1. The van der Waals surface area contributed by atoms with E-state index in [0.717, 1.165) is 18.8 Å². The summed E-state index contributed by atoms with van der Waals surface area (Å²) in [7, 11) is 0. The molecular formula is C18H20N4O4. The number of phenolic OH excluding ortho intramolecular Hbond substituents is 1. The number of nitrogens with one attached hydrogen (secondary N) is 1. The molecule has 0 aliphatic carbocycles. The fourth-order valence-electron chi connectivity index (χ4n) is 2.47. The van der Waals surface area contributed by atoms with Gasteiger partial charge in [0.15, 0.2) is 0 Å². The lowest BCUT2D eigenvalue weighted by molar-refractivity contribution is -0.385. The Morgan fingerprint density at radius 1 is 1.27 bits per heavy atom. The number of nitro groups is 1. The van der Waals surface area contributed by atoms with E-state index in [0.29, 0.717) is 5.56 Å². The zero-order chi connectivity index (χ0) is 19.1. The van der Waals surface area contributed by atoms with Crippen LogP contribution in [0, 0.1) is 10.1 Å². The van der Waals surface area contributed by atoms with E-state index in [1.807, 2.05) is 19.9 Å². The average Bonchev–Trinajstić information content (AvgIpc) is 2.64. The Labute approximate surface area is 150 Å². The topological polar surface area (TPSA) is 108 Å². The van der Waals surface area contributed by atoms with Crippen molar-refractivity contribution in [1.82, 2.24) is 5.43 Å². The second-order valence-electron chi connectivity index (χ2n) is 5.39. The molecule has 0 atom stereocenters. The summed E-state index contributed by atoms with van der Waals surface area (Å²) >= 11 is 0. The molecule has 26 heavy (non-hydrogen) atoms. The fourth-order valence-corrected chi connectivity index (χ4v) is 2.47. The molecule has 0 unspecified atom stereocenters. The van der Waals surface area contributed by atoms with Gasteiger partial charge in [-0.1, -0.05) is 12.1 Å². The summed E-state index contributed by atoms with van der Waals surface area (Å²) < 4.78 is 0. The minimum absolute atomic E-state index is 0.0260. The van der Waals surface area contributed by atoms with Gasteiger partial charge in [0, 0.05) is 36.5 Å². The Balaban J connectivity index is 2.11. The van der Waals surface area contributed by atoms with Crippen molar-refractivity contribution in [3.8, 4) is 5.75 Å². The van der Waals surface area contributed by atoms with Crippen LogP contribution in [0.3, 0.4) is 0 Å². The molecule has 0 heterocycles. The molecule has 0 fully saturated rings. The first-order valence-electron chi connectivity index (χ1n) is 8.12. The number of hydrazone groups is 1. The summed E-state index contributed by atoms with van der Waals surface area (Å²) in [5, 5.41) is 24.8. The van der Waals surface area contributed by atoms with Crippen LogP contribution in [0.1, 0.15) is 29.8 Å². The summed E-state index contributed by atoms with van der Waals surface area (Å²) in [6, 6.07) is 10.8. The number of amides is 1. The number of hydrogen-bond acceptors (Lipinski definition) is 6. The number of hydrogen-bond donors (Lipinski definition) is 2. The highest BCUT2D eigenvalue weighted by Crippen LogP contribution is 2.23. The number of aromatic hydroxyl groups is 1. The number of rotatable bonds is 7. The van der Waals surface area contributed by atoms with Gasteiger partial charge in [-0.3, -0.25) is 14.9 Å². The molecule has 0 bridgehead atoms. The Bertz CT molecular complexity index is 832. The molecule has 0 radical (unpaired) electrons. The molecule has 2 rings (SSSR count). The second kappa shape index (κ2) is 8.61. The minimum Gasteiger partial charge on any atom is -0.507 e. The van der Waals surface area contributed by atoms with Gasteiger partial charge < -0.3 is 10.0 Å². The molecule has 0 aromatic heterocycles. The van der Waals surface area contributed by atoms with E-state index < -0.39 is 10.8 Å². The van der Waals surface area contributed by atoms with Crippen molar-refractivity contribution in [2.75, 3.05) is 18.0 Å². The summed E-state index contributed by atoms with van der Waals surface area (Å²) in [6.45, 7) is 5.67. The van der Waals surface area contributed by atoms with E-state index in [9.17, 15) is 20.0 Å². The average molecular weight is 356 g/mol. The molecule has 0 aliphatic rings. The standard InChI is InChI=1S/C18H20N4O4/c1-3-21(4-2)14-10-9-13(17(23)11-14)12-19-20-18(24)15-7-5-6-8-16(15)22(25)26/h5-12,23H,3-4H2,1-2H3,(H,20,24). The van der Waals surface area contributed by atoms with Gasteiger partial charge in [-0.2, -0.15) is 5.10 Å². The molecule has 136 valence electrons. The van der Waals surface area contributed by atoms with Crippen molar-refractivity contribution in [3.63, 3.8) is 0 Å². The second-order valence-corrected chi connectivity index (χ2v) is 5.39. The number of anilines is 1. The Morgan fingerprint density at radius 2 is 1.96 bits per heavy atom. The van der Waals surface area contributed by atoms with E-state index in [-0.39, 0.29) is 17.0 Å². The maximum atomic E-state index is 12.1. The smallest absolute Gasteiger partial charge is 0.282 e. The van der Waals surface area contributed by atoms with Crippen molar-refractivity contribution in [3.05, 3.63) is 63.7 Å². The summed E-state index contributed by atoms with van der Waals surface area (Å²) in [6.07, 6.45) is 1.29. The van der Waals surface area contributed by atoms with Crippen LogP contribution in [0.5, 0.6) is 5.75 Å². The third-order valence-corrected chi connectivity index (χ3v) is 3.86. The molecule has 8 nitrogen and oxygen atoms in total. The third kappa shape index (κ3) is 4.35. The molecular weight excluding hydrogens is 336 g/mol. The number of nitrogens with zero attached hydrogens (tertiary/aromatic N) is 3. The first-order chi connectivity index (χ1) is 12.5. The molecule has 0 saturated carbocycles. The largest absolute Gasteiger partial charge is 0.507 e. The number of benzene rings is 2. The van der Waals surface area contributed by atoms with Crippen LogP contribution >= 0.6 is 0 Å². The Kier molecular flexibility index (Phi) is 6.26. The predicted octanol–water partition coefficient (Wildman–Crippen LogP) is 2.91. The highest BCUT2D eigenvalue weighted by Gasteiger charge is 2.18. The van der Waals surface area contributed by atoms with E-state index in [4.69, 9.17) is 0 Å². The van der Waals surface area contributed by atoms with Crippen LogP contribution in [0.15, 0.2) is 47.6 Å². The van der Waals surface area contributed by atoms with Gasteiger partial charge in [-0.25, -0.2) is 5.43 Å². The third-order valence-electron chi connectivity index (χ3n) is 3.86. The Morgan fingerprint density at radius 3 is 2.58 bits per heavy atom. The summed E-state index contributed by atoms with van der Waals surface area (Å²) in [5.41, 5.74) is 3.15. The zero-order valence-electron chi connectivity index (χ0n) is 14.5. The monoisotopic (exact) mass is 356 g/mol. The molecule has 2 N–H and O–H groups in total. The van der Waals surface area contributed by atoms with E-state index in [1.165, 1.54) is 30.5 Å². The maximum Gasteiger partial charge on any atom is 0.282 e. The maximum absolute atomic E-state index is 12.1. The van der Waals surface area contributed by atoms with Gasteiger partial charge in [0.05, 0.1) is 11.1 Å². The van der Waals surface area contributed by atoms with Crippen molar-refractivity contribution in [2.24, 2.45) is 5.10 Å². The summed E-state index contributed by atoms with van der Waals surface area (Å²) in [4.78, 5) is 24.5. The number of phenols is 1. The highest BCUT2D eigenvalue weighted by atomic mass is 16.6. The van der Waals surface area contributed by atoms with Crippen LogP contribution in [0.2, 0.25) is 0 Å². The van der Waals surface area contributed by atoms with Crippen molar-refractivity contribution in [1.29, 1.82) is 0 Å². The van der Waals surface area contributed by atoms with Gasteiger partial charge in [0.1, 0.15) is 11.3 Å². The lowest BCUT2D eigenvalue weighted by Crippen LogP contribution is -2.21. The molecule has 2 aromatic carbocycles. The molecule has 1 amide bonds. The first kappa shape index (κ1) is 18.9. The number of carbonyl (C=O) groups excluding carboxylic acids is 1. The molecule has 2 aromatic rings. The van der Waals surface area contributed by atoms with Crippen molar-refractivity contribution < 1.29 is 14.8 Å². The van der Waals surface area contributed by atoms with Gasteiger partial charge in [-0.15, -0.1) is 0 Å². The van der Waals surface area contributed by atoms with Crippen LogP contribution in [-0.4, -0.2) is 35.2 Å². The number of carbonyl (C=O) groups is 1. The van der Waals surface area contributed by atoms with Crippen LogP contribution in [0.25, 0.3) is 0 Å². The van der Waals surface area contributed by atoms with Crippen molar-refractivity contribution >= 4 is 23.5 Å².